The fourth-order valence-corrected chi connectivity index (χ4v) is 3.47. The van der Waals surface area contributed by atoms with Crippen molar-refractivity contribution in [2.24, 2.45) is 0 Å². The van der Waals surface area contributed by atoms with E-state index in [1.165, 1.54) is 17.4 Å². The zero-order chi connectivity index (χ0) is 18.3. The Morgan fingerprint density at radius 2 is 2.19 bits per heavy atom. The Balaban J connectivity index is 1.78. The smallest absolute Gasteiger partial charge is 0.341 e. The predicted molar refractivity (Wildman–Crippen MR) is 96.8 cm³/mol. The lowest BCUT2D eigenvalue weighted by molar-refractivity contribution is 0.0695. The van der Waals surface area contributed by atoms with Gasteiger partial charge in [0.25, 0.3) is 5.56 Å². The van der Waals surface area contributed by atoms with Crippen LogP contribution >= 0.6 is 22.9 Å². The molecule has 1 aromatic carbocycles. The molecule has 0 fully saturated rings. The van der Waals surface area contributed by atoms with Gasteiger partial charge in [-0.2, -0.15) is 0 Å². The molecule has 0 saturated carbocycles. The van der Waals surface area contributed by atoms with Gasteiger partial charge in [0, 0.05) is 22.0 Å². The summed E-state index contributed by atoms with van der Waals surface area (Å²) in [5.41, 5.74) is 0.842. The van der Waals surface area contributed by atoms with Crippen LogP contribution in [0.25, 0.3) is 21.6 Å². The van der Waals surface area contributed by atoms with Gasteiger partial charge in [-0.05, 0) is 23.8 Å². The molecule has 3 aromatic heterocycles. The van der Waals surface area contributed by atoms with E-state index in [1.807, 2.05) is 5.38 Å². The van der Waals surface area contributed by atoms with Gasteiger partial charge in [0.05, 0.1) is 18.3 Å². The highest BCUT2D eigenvalue weighted by molar-refractivity contribution is 7.13. The van der Waals surface area contributed by atoms with Crippen molar-refractivity contribution < 1.29 is 9.90 Å². The molecule has 0 unspecified atom stereocenters. The highest BCUT2D eigenvalue weighted by Gasteiger charge is 2.14. The summed E-state index contributed by atoms with van der Waals surface area (Å²) in [6.45, 7) is 0.303. The summed E-state index contributed by atoms with van der Waals surface area (Å²) < 4.78 is 1.60. The monoisotopic (exact) mass is 387 g/mol. The number of aromatic nitrogens is 5. The summed E-state index contributed by atoms with van der Waals surface area (Å²) in [5, 5.41) is 20.8. The quantitative estimate of drug-likeness (QED) is 0.556. The highest BCUT2D eigenvalue weighted by atomic mass is 35.5. The van der Waals surface area contributed by atoms with E-state index in [4.69, 9.17) is 16.7 Å². The summed E-state index contributed by atoms with van der Waals surface area (Å²) in [6, 6.07) is 4.62. The minimum atomic E-state index is -1.29. The number of aromatic carboxylic acids is 1. The average molecular weight is 388 g/mol. The summed E-state index contributed by atoms with van der Waals surface area (Å²) >= 11 is 7.61. The number of H-pyrrole nitrogens is 1. The molecule has 0 atom stereocenters. The topological polar surface area (TPSA) is 114 Å². The molecule has 0 aliphatic heterocycles. The number of carboxylic acids is 1. The molecular formula is C16H10ClN5O3S. The zero-order valence-electron chi connectivity index (χ0n) is 13.0. The second-order valence-electron chi connectivity index (χ2n) is 5.49. The maximum atomic E-state index is 12.0. The van der Waals surface area contributed by atoms with Crippen molar-refractivity contribution in [3.63, 3.8) is 0 Å². The van der Waals surface area contributed by atoms with E-state index in [0.29, 0.717) is 33.7 Å². The van der Waals surface area contributed by atoms with Gasteiger partial charge in [-0.15, -0.1) is 16.4 Å². The Bertz CT molecular complexity index is 1180. The van der Waals surface area contributed by atoms with Crippen LogP contribution in [-0.4, -0.2) is 36.0 Å². The van der Waals surface area contributed by atoms with Crippen LogP contribution in [0.15, 0.2) is 40.8 Å². The Morgan fingerprint density at radius 3 is 2.92 bits per heavy atom. The summed E-state index contributed by atoms with van der Waals surface area (Å²) in [5.74, 6) is -1.29. The lowest BCUT2D eigenvalue weighted by Gasteiger charge is -2.08. The number of hydrogen-bond acceptors (Lipinski definition) is 6. The number of nitrogens with zero attached hydrogens (tertiary/aromatic N) is 4. The normalized spacial score (nSPS) is 11.1. The highest BCUT2D eigenvalue weighted by Crippen LogP contribution is 2.24. The number of carbonyl (C=O) groups is 1. The first-order valence-corrected chi connectivity index (χ1v) is 8.66. The SMILES string of the molecule is O=C(O)c1cc2cc(Cl)cc(Cn3cc(-c4nccs4)nn3)c2[nH]c1=O. The number of fused-ring (bicyclic) bond motifs is 1. The van der Waals surface area contributed by atoms with E-state index < -0.39 is 11.5 Å². The number of carboxylic acid groups (broad SMARTS) is 1. The molecule has 130 valence electrons. The fourth-order valence-electron chi connectivity index (χ4n) is 2.64. The Kier molecular flexibility index (Phi) is 4.02. The number of halogens is 1. The number of hydrogen-bond donors (Lipinski definition) is 2. The first-order valence-electron chi connectivity index (χ1n) is 7.40. The Labute approximate surface area is 154 Å². The molecule has 0 spiro atoms. The van der Waals surface area contributed by atoms with Crippen molar-refractivity contribution in [3.05, 3.63) is 62.5 Å². The van der Waals surface area contributed by atoms with E-state index in [0.717, 1.165) is 5.01 Å². The summed E-state index contributed by atoms with van der Waals surface area (Å²) in [7, 11) is 0. The molecule has 3 heterocycles. The van der Waals surface area contributed by atoms with Crippen LogP contribution in [0, 0.1) is 0 Å². The van der Waals surface area contributed by atoms with Crippen LogP contribution in [-0.2, 0) is 6.54 Å². The van der Waals surface area contributed by atoms with E-state index in [2.05, 4.69) is 20.3 Å². The molecule has 0 bridgehead atoms. The molecule has 0 aliphatic rings. The van der Waals surface area contributed by atoms with Crippen molar-refractivity contribution in [1.29, 1.82) is 0 Å². The average Bonchev–Trinajstić information content (AvgIpc) is 3.26. The molecule has 2 N–H and O–H groups in total. The molecule has 0 saturated heterocycles. The van der Waals surface area contributed by atoms with E-state index in [9.17, 15) is 9.59 Å². The number of pyridine rings is 1. The first kappa shape index (κ1) is 16.4. The van der Waals surface area contributed by atoms with Crippen LogP contribution in [0.3, 0.4) is 0 Å². The number of benzene rings is 1. The lowest BCUT2D eigenvalue weighted by Crippen LogP contribution is -2.17. The van der Waals surface area contributed by atoms with Crippen molar-refractivity contribution in [3.8, 4) is 10.7 Å². The number of aromatic amines is 1. The minimum absolute atomic E-state index is 0.303. The lowest BCUT2D eigenvalue weighted by atomic mass is 10.1. The molecule has 26 heavy (non-hydrogen) atoms. The fraction of sp³-hybridized carbons (Fsp3) is 0.0625. The Hall–Kier alpha value is -3.04. The van der Waals surface area contributed by atoms with Crippen molar-refractivity contribution in [2.75, 3.05) is 0 Å². The molecule has 0 radical (unpaired) electrons. The third kappa shape index (κ3) is 2.98. The van der Waals surface area contributed by atoms with Crippen LogP contribution in [0.1, 0.15) is 15.9 Å². The van der Waals surface area contributed by atoms with Gasteiger partial charge in [0.1, 0.15) is 16.3 Å². The van der Waals surface area contributed by atoms with E-state index in [-0.39, 0.29) is 5.56 Å². The molecular weight excluding hydrogens is 378 g/mol. The van der Waals surface area contributed by atoms with Crippen molar-refractivity contribution in [2.45, 2.75) is 6.54 Å². The van der Waals surface area contributed by atoms with Crippen molar-refractivity contribution >= 4 is 39.8 Å². The number of rotatable bonds is 4. The second kappa shape index (κ2) is 6.36. The second-order valence-corrected chi connectivity index (χ2v) is 6.82. The summed E-state index contributed by atoms with van der Waals surface area (Å²) in [4.78, 5) is 30.0. The van der Waals surface area contributed by atoms with Gasteiger partial charge < -0.3 is 10.1 Å². The van der Waals surface area contributed by atoms with Crippen molar-refractivity contribution in [1.82, 2.24) is 25.0 Å². The maximum absolute atomic E-state index is 12.0. The van der Waals surface area contributed by atoms with E-state index in [1.54, 1.807) is 29.2 Å². The summed E-state index contributed by atoms with van der Waals surface area (Å²) in [6.07, 6.45) is 3.43. The first-order chi connectivity index (χ1) is 12.5. The predicted octanol–water partition coefficient (Wildman–Crippen LogP) is 2.64. The minimum Gasteiger partial charge on any atom is -0.477 e. The molecule has 4 aromatic rings. The van der Waals surface area contributed by atoms with Crippen LogP contribution < -0.4 is 5.56 Å². The number of thiazole rings is 1. The van der Waals surface area contributed by atoms with Crippen LogP contribution in [0.2, 0.25) is 5.02 Å². The molecule has 10 heteroatoms. The van der Waals surface area contributed by atoms with Gasteiger partial charge in [0.2, 0.25) is 0 Å². The van der Waals surface area contributed by atoms with Gasteiger partial charge >= 0.3 is 5.97 Å². The third-order valence-electron chi connectivity index (χ3n) is 3.75. The van der Waals surface area contributed by atoms with E-state index >= 15 is 0 Å². The zero-order valence-corrected chi connectivity index (χ0v) is 14.6. The molecule has 8 nitrogen and oxygen atoms in total. The van der Waals surface area contributed by atoms with Gasteiger partial charge in [0.15, 0.2) is 0 Å². The molecule has 0 aliphatic carbocycles. The maximum Gasteiger partial charge on any atom is 0.341 e. The van der Waals surface area contributed by atoms with Gasteiger partial charge in [-0.3, -0.25) is 4.79 Å². The van der Waals surface area contributed by atoms with Crippen LogP contribution in [0.5, 0.6) is 0 Å². The van der Waals surface area contributed by atoms with Crippen LogP contribution in [0.4, 0.5) is 0 Å². The number of nitrogens with one attached hydrogen (secondary N) is 1. The van der Waals surface area contributed by atoms with Gasteiger partial charge in [-0.1, -0.05) is 16.8 Å². The third-order valence-corrected chi connectivity index (χ3v) is 4.76. The molecule has 0 amide bonds. The Morgan fingerprint density at radius 1 is 1.35 bits per heavy atom. The standard InChI is InChI=1S/C16H10ClN5O3S/c17-10-3-8-5-11(16(24)25)14(23)19-13(8)9(4-10)6-22-7-12(20-21-22)15-18-1-2-26-15/h1-5,7H,6H2,(H,19,23)(H,24,25). The van der Waals surface area contributed by atoms with Gasteiger partial charge in [-0.25, -0.2) is 14.5 Å². The molecule has 4 rings (SSSR count). The largest absolute Gasteiger partial charge is 0.477 e.